The van der Waals surface area contributed by atoms with Crippen molar-refractivity contribution >= 4 is 49.0 Å². The first kappa shape index (κ1) is 20.9. The zero-order chi connectivity index (χ0) is 21.3. The number of rotatable bonds is 7. The molecule has 0 bridgehead atoms. The van der Waals surface area contributed by atoms with Crippen LogP contribution in [-0.2, 0) is 17.7 Å². The number of methoxy groups -OCH3 is 2. The summed E-state index contributed by atoms with van der Waals surface area (Å²) in [5, 5.41) is 4.89. The van der Waals surface area contributed by atoms with E-state index in [9.17, 15) is 4.79 Å². The van der Waals surface area contributed by atoms with Gasteiger partial charge in [-0.1, -0.05) is 18.3 Å². The lowest BCUT2D eigenvalue weighted by molar-refractivity contribution is 0.0526. The normalized spacial score (nSPS) is 13.9. The summed E-state index contributed by atoms with van der Waals surface area (Å²) in [5.74, 6) is 1.10. The molecule has 160 valence electrons. The van der Waals surface area contributed by atoms with Gasteiger partial charge in [0.2, 0.25) is 0 Å². The van der Waals surface area contributed by atoms with Gasteiger partial charge in [-0.15, -0.1) is 11.3 Å². The van der Waals surface area contributed by atoms with E-state index in [0.29, 0.717) is 28.8 Å². The van der Waals surface area contributed by atoms with Gasteiger partial charge in [0.1, 0.15) is 22.0 Å². The third kappa shape index (κ3) is 3.84. The van der Waals surface area contributed by atoms with Crippen molar-refractivity contribution in [3.8, 4) is 11.5 Å². The molecule has 0 unspecified atom stereocenters. The third-order valence-corrected chi connectivity index (χ3v) is 7.22. The van der Waals surface area contributed by atoms with Crippen LogP contribution in [0, 0.1) is 0 Å². The molecule has 9 heteroatoms. The van der Waals surface area contributed by atoms with Gasteiger partial charge in [0, 0.05) is 24.0 Å². The smallest absolute Gasteiger partial charge is 0.341 e. The summed E-state index contributed by atoms with van der Waals surface area (Å²) in [6.07, 6.45) is 0.848. The highest BCUT2D eigenvalue weighted by Crippen LogP contribution is 2.42. The molecule has 0 radical (unpaired) electrons. The first-order valence-corrected chi connectivity index (χ1v) is 11.5. The number of hydrogen-bond acceptors (Lipinski definition) is 9. The average Bonchev–Trinajstić information content (AvgIpc) is 3.32. The second-order valence-electron chi connectivity index (χ2n) is 6.87. The molecule has 3 aromatic rings. The molecule has 2 aromatic heterocycles. The molecule has 0 saturated carbocycles. The molecule has 0 amide bonds. The molecule has 0 saturated heterocycles. The SMILES string of the molecule is CCOC(=O)c1c(Nc2nc3c(OC)cc(OC)cc3s2)sc2c1CCN(CC)C2. The van der Waals surface area contributed by atoms with Crippen LogP contribution < -0.4 is 14.8 Å². The van der Waals surface area contributed by atoms with Crippen LogP contribution in [0.3, 0.4) is 0 Å². The third-order valence-electron chi connectivity index (χ3n) is 5.17. The monoisotopic (exact) mass is 447 g/mol. The Morgan fingerprint density at radius 1 is 1.23 bits per heavy atom. The second-order valence-corrected chi connectivity index (χ2v) is 9.00. The van der Waals surface area contributed by atoms with Crippen molar-refractivity contribution < 1.29 is 19.0 Å². The lowest BCUT2D eigenvalue weighted by atomic mass is 10.0. The Hall–Kier alpha value is -2.36. The van der Waals surface area contributed by atoms with E-state index in [1.165, 1.54) is 16.2 Å². The number of esters is 1. The van der Waals surface area contributed by atoms with Gasteiger partial charge >= 0.3 is 5.97 Å². The van der Waals surface area contributed by atoms with E-state index in [2.05, 4.69) is 17.1 Å². The highest BCUT2D eigenvalue weighted by Gasteiger charge is 2.29. The number of thiazole rings is 1. The van der Waals surface area contributed by atoms with Gasteiger partial charge < -0.3 is 19.5 Å². The fourth-order valence-corrected chi connectivity index (χ4v) is 5.89. The van der Waals surface area contributed by atoms with Crippen molar-refractivity contribution in [2.75, 3.05) is 39.2 Å². The molecule has 1 N–H and O–H groups in total. The van der Waals surface area contributed by atoms with Gasteiger partial charge in [0.25, 0.3) is 0 Å². The van der Waals surface area contributed by atoms with E-state index >= 15 is 0 Å². The first-order chi connectivity index (χ1) is 14.6. The molecule has 0 atom stereocenters. The molecule has 4 rings (SSSR count). The Kier molecular flexibility index (Phi) is 6.12. The van der Waals surface area contributed by atoms with Gasteiger partial charge in [-0.2, -0.15) is 0 Å². The summed E-state index contributed by atoms with van der Waals surface area (Å²) in [4.78, 5) is 21.1. The Morgan fingerprint density at radius 3 is 2.77 bits per heavy atom. The number of aromatic nitrogens is 1. The lowest BCUT2D eigenvalue weighted by Gasteiger charge is -2.25. The minimum Gasteiger partial charge on any atom is -0.497 e. The van der Waals surface area contributed by atoms with E-state index in [-0.39, 0.29) is 5.97 Å². The highest BCUT2D eigenvalue weighted by atomic mass is 32.1. The van der Waals surface area contributed by atoms with Crippen LogP contribution in [-0.4, -0.2) is 49.8 Å². The minimum absolute atomic E-state index is 0.275. The predicted molar refractivity (Wildman–Crippen MR) is 121 cm³/mol. The van der Waals surface area contributed by atoms with E-state index in [1.54, 1.807) is 25.6 Å². The van der Waals surface area contributed by atoms with Crippen molar-refractivity contribution in [3.05, 3.63) is 28.1 Å². The fourth-order valence-electron chi connectivity index (χ4n) is 3.63. The summed E-state index contributed by atoms with van der Waals surface area (Å²) in [5.41, 5.74) is 2.52. The molecule has 0 spiro atoms. The average molecular weight is 448 g/mol. The van der Waals surface area contributed by atoms with Gasteiger partial charge in [0.15, 0.2) is 5.13 Å². The number of ether oxygens (including phenoxy) is 3. The number of fused-ring (bicyclic) bond motifs is 2. The van der Waals surface area contributed by atoms with Crippen molar-refractivity contribution in [2.45, 2.75) is 26.8 Å². The van der Waals surface area contributed by atoms with Crippen LogP contribution in [0.15, 0.2) is 12.1 Å². The number of carbonyl (C=O) groups is 1. The molecular weight excluding hydrogens is 422 g/mol. The molecule has 0 aliphatic carbocycles. The molecule has 30 heavy (non-hydrogen) atoms. The van der Waals surface area contributed by atoms with E-state index < -0.39 is 0 Å². The fraction of sp³-hybridized carbons (Fsp3) is 0.429. The summed E-state index contributed by atoms with van der Waals surface area (Å²) < 4.78 is 17.2. The zero-order valence-corrected chi connectivity index (χ0v) is 19.2. The molecule has 1 aliphatic heterocycles. The largest absolute Gasteiger partial charge is 0.497 e. The number of nitrogens with one attached hydrogen (secondary N) is 1. The Bertz CT molecular complexity index is 1080. The maximum absolute atomic E-state index is 12.8. The number of hydrogen-bond donors (Lipinski definition) is 1. The Labute approximate surface area is 183 Å². The van der Waals surface area contributed by atoms with E-state index in [1.807, 2.05) is 19.1 Å². The van der Waals surface area contributed by atoms with Crippen LogP contribution in [0.4, 0.5) is 10.1 Å². The Morgan fingerprint density at radius 2 is 2.07 bits per heavy atom. The molecular formula is C21H25N3O4S2. The quantitative estimate of drug-likeness (QED) is 0.528. The number of likely N-dealkylation sites (N-methyl/N-ethyl adjacent to an activating group) is 1. The van der Waals surface area contributed by atoms with Gasteiger partial charge in [-0.3, -0.25) is 4.90 Å². The number of nitrogens with zero attached hydrogens (tertiary/aromatic N) is 2. The number of carbonyl (C=O) groups excluding carboxylic acids is 1. The topological polar surface area (TPSA) is 72.9 Å². The number of thiophene rings is 1. The summed E-state index contributed by atoms with van der Waals surface area (Å²) in [6, 6.07) is 3.75. The standard InChI is InChI=1S/C21H25N3O4S2/c1-5-24-8-7-13-16(11-24)29-19(17(13)20(25)28-6-2)23-21-22-18-14(27-4)9-12(26-3)10-15(18)30-21/h9-10H,5-8,11H2,1-4H3,(H,22,23). The highest BCUT2D eigenvalue weighted by molar-refractivity contribution is 7.23. The second kappa shape index (κ2) is 8.79. The molecule has 7 nitrogen and oxygen atoms in total. The van der Waals surface area contributed by atoms with Crippen molar-refractivity contribution in [1.29, 1.82) is 0 Å². The summed E-state index contributed by atoms with van der Waals surface area (Å²) in [7, 11) is 3.24. The molecule has 0 fully saturated rings. The zero-order valence-electron chi connectivity index (χ0n) is 17.5. The van der Waals surface area contributed by atoms with Crippen LogP contribution in [0.2, 0.25) is 0 Å². The van der Waals surface area contributed by atoms with Crippen LogP contribution in [0.25, 0.3) is 10.2 Å². The number of benzene rings is 1. The molecule has 3 heterocycles. The van der Waals surface area contributed by atoms with Crippen molar-refractivity contribution in [2.24, 2.45) is 0 Å². The van der Waals surface area contributed by atoms with Crippen molar-refractivity contribution in [1.82, 2.24) is 9.88 Å². The maximum atomic E-state index is 12.8. The van der Waals surface area contributed by atoms with Crippen LogP contribution >= 0.6 is 22.7 Å². The van der Waals surface area contributed by atoms with Crippen LogP contribution in [0.1, 0.15) is 34.6 Å². The number of anilines is 2. The lowest BCUT2D eigenvalue weighted by Crippen LogP contribution is -2.30. The predicted octanol–water partition coefficient (Wildman–Crippen LogP) is 4.67. The first-order valence-electron chi connectivity index (χ1n) is 9.91. The Balaban J connectivity index is 1.73. The maximum Gasteiger partial charge on any atom is 0.341 e. The van der Waals surface area contributed by atoms with Crippen molar-refractivity contribution in [3.63, 3.8) is 0 Å². The minimum atomic E-state index is -0.275. The van der Waals surface area contributed by atoms with E-state index in [0.717, 1.165) is 46.8 Å². The van der Waals surface area contributed by atoms with E-state index in [4.69, 9.17) is 19.2 Å². The van der Waals surface area contributed by atoms with Gasteiger partial charge in [-0.25, -0.2) is 9.78 Å². The summed E-state index contributed by atoms with van der Waals surface area (Å²) >= 11 is 3.11. The molecule has 1 aromatic carbocycles. The van der Waals surface area contributed by atoms with Gasteiger partial charge in [-0.05, 0) is 31.5 Å². The van der Waals surface area contributed by atoms with Crippen LogP contribution in [0.5, 0.6) is 11.5 Å². The molecule has 1 aliphatic rings. The summed E-state index contributed by atoms with van der Waals surface area (Å²) in [6.45, 7) is 7.14. The van der Waals surface area contributed by atoms with Gasteiger partial charge in [0.05, 0.1) is 31.1 Å².